The summed E-state index contributed by atoms with van der Waals surface area (Å²) in [5.74, 6) is 0.898. The molecule has 11 aromatic rings. The van der Waals surface area contributed by atoms with E-state index in [-0.39, 0.29) is 37.6 Å². The Morgan fingerprint density at radius 3 is 2.00 bits per heavy atom. The zero-order chi connectivity index (χ0) is 44.6. The summed E-state index contributed by atoms with van der Waals surface area (Å²) in [6.07, 6.45) is 1.93. The van der Waals surface area contributed by atoms with Crippen LogP contribution in [0.3, 0.4) is 0 Å². The van der Waals surface area contributed by atoms with Gasteiger partial charge in [0.25, 0.3) is 0 Å². The standard InChI is InChI=1S/C60H48N3O2.Pt/c1-59(2,3)43-33-48(56(64)50(34-43)60(4,5)6)58-62-55-45(25-17-27-53(55)63(58)52-26-16-15-23-44(52)38-20-11-8-12-21-38)41-30-40(37-18-9-7-10-19-37)31-42(32-41)51-35-54-49(36-61-51)47-29-28-39-22-13-14-24-46(39)57(47)65-54;/h7-31,33-36,64H,1-6H3;/q-1;. The Morgan fingerprint density at radius 2 is 1.24 bits per heavy atom. The van der Waals surface area contributed by atoms with Gasteiger partial charge in [0.05, 0.1) is 22.3 Å². The number of aromatic hydroxyl groups is 1. The van der Waals surface area contributed by atoms with Crippen LogP contribution in [0.25, 0.3) is 105 Å². The topological polar surface area (TPSA) is 64.1 Å². The minimum atomic E-state index is -0.333. The third-order valence-corrected chi connectivity index (χ3v) is 12.7. The minimum Gasteiger partial charge on any atom is -0.507 e. The predicted octanol–water partition coefficient (Wildman–Crippen LogP) is 15.9. The second-order valence-corrected chi connectivity index (χ2v) is 19.1. The molecule has 3 aromatic heterocycles. The van der Waals surface area contributed by atoms with Crippen molar-refractivity contribution >= 4 is 43.7 Å². The molecule has 3 heterocycles. The number of pyridine rings is 1. The third kappa shape index (κ3) is 7.42. The average molecular weight is 1040 g/mol. The number of hydrogen-bond acceptors (Lipinski definition) is 4. The first-order chi connectivity index (χ1) is 31.4. The van der Waals surface area contributed by atoms with Gasteiger partial charge in [0.15, 0.2) is 0 Å². The van der Waals surface area contributed by atoms with Crippen LogP contribution in [0.5, 0.6) is 5.75 Å². The van der Waals surface area contributed by atoms with Crippen LogP contribution in [0.1, 0.15) is 52.7 Å². The number of nitrogens with zero attached hydrogens (tertiary/aromatic N) is 3. The number of imidazole rings is 1. The summed E-state index contributed by atoms with van der Waals surface area (Å²) in [5.41, 5.74) is 14.1. The van der Waals surface area contributed by atoms with Gasteiger partial charge < -0.3 is 9.52 Å². The van der Waals surface area contributed by atoms with E-state index in [1.165, 1.54) is 0 Å². The molecule has 1 N–H and O–H groups in total. The summed E-state index contributed by atoms with van der Waals surface area (Å²) in [6, 6.07) is 62.9. The van der Waals surface area contributed by atoms with Crippen LogP contribution in [-0.2, 0) is 31.9 Å². The summed E-state index contributed by atoms with van der Waals surface area (Å²) in [6.45, 7) is 13.1. The van der Waals surface area contributed by atoms with Gasteiger partial charge in [-0.05, 0) is 63.2 Å². The van der Waals surface area contributed by atoms with Crippen molar-refractivity contribution in [1.29, 1.82) is 0 Å². The van der Waals surface area contributed by atoms with Gasteiger partial charge in [0, 0.05) is 60.2 Å². The van der Waals surface area contributed by atoms with E-state index in [2.05, 4.69) is 198 Å². The molecule has 326 valence electrons. The molecule has 0 bridgehead atoms. The first-order valence-electron chi connectivity index (χ1n) is 22.3. The predicted molar refractivity (Wildman–Crippen MR) is 269 cm³/mol. The molecule has 0 saturated heterocycles. The number of benzene rings is 8. The van der Waals surface area contributed by atoms with E-state index >= 15 is 0 Å². The largest absolute Gasteiger partial charge is 0.507 e. The molecular formula is C60H48N3O2Pt-. The van der Waals surface area contributed by atoms with Crippen molar-refractivity contribution in [2.24, 2.45) is 0 Å². The van der Waals surface area contributed by atoms with Gasteiger partial charge >= 0.3 is 0 Å². The van der Waals surface area contributed by atoms with E-state index in [9.17, 15) is 5.11 Å². The summed E-state index contributed by atoms with van der Waals surface area (Å²) in [4.78, 5) is 10.7. The Bertz CT molecular complexity index is 3630. The zero-order valence-electron chi connectivity index (χ0n) is 37.8. The maximum atomic E-state index is 12.5. The van der Waals surface area contributed by atoms with Crippen molar-refractivity contribution in [3.63, 3.8) is 0 Å². The molecule has 0 amide bonds. The average Bonchev–Trinajstić information content (AvgIpc) is 3.90. The molecule has 8 aromatic carbocycles. The Hall–Kier alpha value is -7.07. The Labute approximate surface area is 399 Å². The van der Waals surface area contributed by atoms with Gasteiger partial charge in [-0.3, -0.25) is 9.55 Å². The molecular weight excluding hydrogens is 990 g/mol. The smallest absolute Gasteiger partial charge is 0.148 e. The van der Waals surface area contributed by atoms with Gasteiger partial charge in [-0.2, -0.15) is 0 Å². The van der Waals surface area contributed by atoms with Crippen molar-refractivity contribution in [1.82, 2.24) is 14.5 Å². The van der Waals surface area contributed by atoms with Crippen LogP contribution >= 0.6 is 0 Å². The second-order valence-electron chi connectivity index (χ2n) is 19.1. The van der Waals surface area contributed by atoms with Crippen molar-refractivity contribution in [2.75, 3.05) is 0 Å². The molecule has 0 fully saturated rings. The number of fused-ring (bicyclic) bond motifs is 6. The normalized spacial score (nSPS) is 12.0. The molecule has 0 unspecified atom stereocenters. The Morgan fingerprint density at radius 1 is 0.561 bits per heavy atom. The van der Waals surface area contributed by atoms with Crippen LogP contribution < -0.4 is 0 Å². The van der Waals surface area contributed by atoms with E-state index < -0.39 is 0 Å². The summed E-state index contributed by atoms with van der Waals surface area (Å²) in [5, 5.41) is 16.7. The summed E-state index contributed by atoms with van der Waals surface area (Å²) >= 11 is 0. The van der Waals surface area contributed by atoms with Gasteiger partial charge in [0.2, 0.25) is 0 Å². The van der Waals surface area contributed by atoms with Gasteiger partial charge in [-0.15, -0.1) is 23.8 Å². The fraction of sp³-hybridized carbons (Fsp3) is 0.133. The van der Waals surface area contributed by atoms with Crippen LogP contribution in [0.15, 0.2) is 180 Å². The molecule has 0 saturated carbocycles. The second kappa shape index (κ2) is 16.4. The first-order valence-corrected chi connectivity index (χ1v) is 22.3. The molecule has 0 aliphatic heterocycles. The first kappa shape index (κ1) is 42.9. The van der Waals surface area contributed by atoms with Crippen LogP contribution in [0.4, 0.5) is 0 Å². The zero-order valence-corrected chi connectivity index (χ0v) is 40.0. The van der Waals surface area contributed by atoms with E-state index in [0.29, 0.717) is 11.4 Å². The molecule has 66 heavy (non-hydrogen) atoms. The molecule has 6 heteroatoms. The van der Waals surface area contributed by atoms with Crippen molar-refractivity contribution in [3.05, 3.63) is 193 Å². The van der Waals surface area contributed by atoms with E-state index in [0.717, 1.165) is 105 Å². The number of phenols is 1. The molecule has 5 nitrogen and oxygen atoms in total. The van der Waals surface area contributed by atoms with Gasteiger partial charge in [0.1, 0.15) is 22.7 Å². The molecule has 0 radical (unpaired) electrons. The fourth-order valence-corrected chi connectivity index (χ4v) is 9.28. The summed E-state index contributed by atoms with van der Waals surface area (Å²) in [7, 11) is 0. The van der Waals surface area contributed by atoms with Crippen molar-refractivity contribution in [3.8, 4) is 67.5 Å². The number of phenolic OH excluding ortho intramolecular Hbond substituents is 1. The monoisotopic (exact) mass is 1040 g/mol. The van der Waals surface area contributed by atoms with Crippen molar-refractivity contribution < 1.29 is 30.6 Å². The van der Waals surface area contributed by atoms with Crippen LogP contribution in [0.2, 0.25) is 0 Å². The Kier molecular flexibility index (Phi) is 10.7. The summed E-state index contributed by atoms with van der Waals surface area (Å²) < 4.78 is 8.87. The SMILES string of the molecule is CC(C)(C)c1cc(-c2nc3c(-c4[c-]c(-c5cc6oc7c8ccccc8ccc7c6cn5)cc(-c5ccccc5)c4)cccc3n2-c2ccccc2-c2ccccc2)c(O)c(C(C)(C)C)c1.[Pt]. The molecule has 11 rings (SSSR count). The Balaban J connectivity index is 0.00000511. The van der Waals surface area contributed by atoms with E-state index in [1.54, 1.807) is 0 Å². The molecule has 0 spiro atoms. The maximum Gasteiger partial charge on any atom is 0.148 e. The quantitative estimate of drug-likeness (QED) is 0.169. The minimum absolute atomic E-state index is 0. The maximum absolute atomic E-state index is 12.5. The third-order valence-electron chi connectivity index (χ3n) is 12.7. The molecule has 0 atom stereocenters. The fourth-order valence-electron chi connectivity index (χ4n) is 9.28. The number of furan rings is 1. The molecule has 0 aliphatic rings. The number of rotatable bonds is 6. The van der Waals surface area contributed by atoms with Crippen LogP contribution in [-0.4, -0.2) is 19.6 Å². The van der Waals surface area contributed by atoms with E-state index in [1.807, 2.05) is 30.5 Å². The number of aromatic nitrogens is 3. The van der Waals surface area contributed by atoms with E-state index in [4.69, 9.17) is 14.4 Å². The van der Waals surface area contributed by atoms with Crippen molar-refractivity contribution in [2.45, 2.75) is 52.4 Å². The van der Waals surface area contributed by atoms with Crippen LogP contribution in [0, 0.1) is 6.07 Å². The molecule has 0 aliphatic carbocycles. The number of para-hydroxylation sites is 2. The van der Waals surface area contributed by atoms with Gasteiger partial charge in [-0.1, -0.05) is 186 Å². The number of hydrogen-bond donors (Lipinski definition) is 1. The van der Waals surface area contributed by atoms with Gasteiger partial charge in [-0.25, -0.2) is 4.98 Å².